The highest BCUT2D eigenvalue weighted by atomic mass is 32.2. The summed E-state index contributed by atoms with van der Waals surface area (Å²) in [4.78, 5) is -0.0801. The van der Waals surface area contributed by atoms with Crippen molar-refractivity contribution in [1.29, 1.82) is 0 Å². The van der Waals surface area contributed by atoms with Crippen LogP contribution in [-0.2, 0) is 27.1 Å². The van der Waals surface area contributed by atoms with Crippen molar-refractivity contribution in [2.24, 2.45) is 12.2 Å². The molecule has 1 aromatic carbocycles. The van der Waals surface area contributed by atoms with E-state index < -0.39 is 20.0 Å². The van der Waals surface area contributed by atoms with Gasteiger partial charge >= 0.3 is 0 Å². The summed E-state index contributed by atoms with van der Waals surface area (Å²) in [5.41, 5.74) is 0.705. The zero-order valence-corrected chi connectivity index (χ0v) is 12.9. The summed E-state index contributed by atoms with van der Waals surface area (Å²) in [6.07, 6.45) is 1.37. The zero-order valence-electron chi connectivity index (χ0n) is 11.3. The molecule has 8 nitrogen and oxygen atoms in total. The Kier molecular flexibility index (Phi) is 3.78. The summed E-state index contributed by atoms with van der Waals surface area (Å²) < 4.78 is 50.5. The molecule has 1 aromatic heterocycles. The van der Waals surface area contributed by atoms with Gasteiger partial charge in [-0.3, -0.25) is 9.40 Å². The number of rotatable bonds is 4. The molecule has 0 saturated heterocycles. The van der Waals surface area contributed by atoms with E-state index in [1.54, 1.807) is 6.92 Å². The first-order valence-electron chi connectivity index (χ1n) is 5.75. The average Bonchev–Trinajstić information content (AvgIpc) is 2.77. The molecule has 1 heterocycles. The number of hydrogen-bond acceptors (Lipinski definition) is 5. The van der Waals surface area contributed by atoms with Crippen LogP contribution in [-0.4, -0.2) is 26.6 Å². The molecule has 10 heteroatoms. The van der Waals surface area contributed by atoms with Crippen LogP contribution in [0.5, 0.6) is 0 Å². The lowest BCUT2D eigenvalue weighted by Gasteiger charge is -2.11. The topological polar surface area (TPSA) is 124 Å². The van der Waals surface area contributed by atoms with Crippen molar-refractivity contribution in [2.75, 3.05) is 4.72 Å². The molecule has 0 spiro atoms. The molecule has 0 radical (unpaired) electrons. The van der Waals surface area contributed by atoms with Crippen LogP contribution in [0.3, 0.4) is 0 Å². The fraction of sp³-hybridized carbons (Fsp3) is 0.182. The molecule has 0 aliphatic rings. The maximum atomic E-state index is 12.2. The van der Waals surface area contributed by atoms with Crippen molar-refractivity contribution in [3.05, 3.63) is 36.0 Å². The minimum absolute atomic E-state index is 0.00239. The number of sulfonamides is 2. The van der Waals surface area contributed by atoms with E-state index in [4.69, 9.17) is 5.14 Å². The summed E-state index contributed by atoms with van der Waals surface area (Å²) in [5.74, 6) is 0. The summed E-state index contributed by atoms with van der Waals surface area (Å²) in [7, 11) is -6.12. The van der Waals surface area contributed by atoms with Gasteiger partial charge in [0.15, 0.2) is 5.03 Å². The number of anilines is 1. The number of aryl methyl sites for hydroxylation is 2. The Bertz CT molecular complexity index is 885. The first-order chi connectivity index (χ1) is 9.61. The Balaban J connectivity index is 2.39. The van der Waals surface area contributed by atoms with Gasteiger partial charge in [-0.1, -0.05) is 0 Å². The largest absolute Gasteiger partial charge is 0.279 e. The SMILES string of the molecule is Cc1cc(S(N)(=O)=O)ccc1NS(=O)(=O)c1ccnn1C. The van der Waals surface area contributed by atoms with Gasteiger partial charge in [-0.25, -0.2) is 13.6 Å². The molecular formula is C11H14N4O4S2. The molecule has 0 bridgehead atoms. The maximum Gasteiger partial charge on any atom is 0.279 e. The highest BCUT2D eigenvalue weighted by Crippen LogP contribution is 2.22. The number of hydrogen-bond donors (Lipinski definition) is 2. The van der Waals surface area contributed by atoms with Gasteiger partial charge in [-0.15, -0.1) is 0 Å². The van der Waals surface area contributed by atoms with Gasteiger partial charge in [0.2, 0.25) is 10.0 Å². The van der Waals surface area contributed by atoms with Crippen LogP contribution < -0.4 is 9.86 Å². The molecular weight excluding hydrogens is 316 g/mol. The van der Waals surface area contributed by atoms with E-state index >= 15 is 0 Å². The Morgan fingerprint density at radius 1 is 1.19 bits per heavy atom. The Labute approximate surface area is 122 Å². The smallest absolute Gasteiger partial charge is 0.278 e. The van der Waals surface area contributed by atoms with Crippen LogP contribution in [0.1, 0.15) is 5.56 Å². The fourth-order valence-electron chi connectivity index (χ4n) is 1.75. The maximum absolute atomic E-state index is 12.2. The monoisotopic (exact) mass is 330 g/mol. The lowest BCUT2D eigenvalue weighted by atomic mass is 10.2. The van der Waals surface area contributed by atoms with Gasteiger partial charge < -0.3 is 0 Å². The molecule has 0 amide bonds. The first kappa shape index (κ1) is 15.5. The van der Waals surface area contributed by atoms with Crippen molar-refractivity contribution >= 4 is 25.7 Å². The zero-order chi connectivity index (χ0) is 15.8. The lowest BCUT2D eigenvalue weighted by Crippen LogP contribution is -2.18. The van der Waals surface area contributed by atoms with Crippen molar-refractivity contribution in [1.82, 2.24) is 9.78 Å². The molecule has 3 N–H and O–H groups in total. The van der Waals surface area contributed by atoms with E-state index in [-0.39, 0.29) is 15.6 Å². The predicted molar refractivity (Wildman–Crippen MR) is 76.6 cm³/mol. The van der Waals surface area contributed by atoms with Crippen molar-refractivity contribution in [2.45, 2.75) is 16.8 Å². The molecule has 21 heavy (non-hydrogen) atoms. The minimum atomic E-state index is -3.83. The van der Waals surface area contributed by atoms with Crippen LogP contribution in [0.4, 0.5) is 5.69 Å². The van der Waals surface area contributed by atoms with Crippen molar-refractivity contribution in [3.63, 3.8) is 0 Å². The molecule has 114 valence electrons. The molecule has 0 aliphatic heterocycles. The lowest BCUT2D eigenvalue weighted by molar-refractivity contribution is 0.582. The van der Waals surface area contributed by atoms with Crippen LogP contribution >= 0.6 is 0 Å². The van der Waals surface area contributed by atoms with E-state index in [1.807, 2.05) is 0 Å². The van der Waals surface area contributed by atoms with Gasteiger partial charge in [0.25, 0.3) is 10.0 Å². The highest BCUT2D eigenvalue weighted by Gasteiger charge is 2.19. The van der Waals surface area contributed by atoms with Crippen LogP contribution in [0.15, 0.2) is 40.4 Å². The summed E-state index contributed by atoms with van der Waals surface area (Å²) in [6.45, 7) is 1.58. The number of nitrogens with two attached hydrogens (primary N) is 1. The molecule has 0 atom stereocenters. The number of nitrogens with zero attached hydrogens (tertiary/aromatic N) is 2. The number of benzene rings is 1. The fourth-order valence-corrected chi connectivity index (χ4v) is 3.61. The van der Waals surface area contributed by atoms with Gasteiger partial charge in [0.1, 0.15) is 0 Å². The average molecular weight is 330 g/mol. The molecule has 0 saturated carbocycles. The van der Waals surface area contributed by atoms with Gasteiger partial charge in [-0.05, 0) is 36.8 Å². The van der Waals surface area contributed by atoms with Gasteiger partial charge in [0.05, 0.1) is 16.8 Å². The third-order valence-corrected chi connectivity index (χ3v) is 5.17. The van der Waals surface area contributed by atoms with Gasteiger partial charge in [-0.2, -0.15) is 13.5 Å². The molecule has 2 aromatic rings. The molecule has 0 fully saturated rings. The van der Waals surface area contributed by atoms with Crippen molar-refractivity contribution in [3.8, 4) is 0 Å². The Morgan fingerprint density at radius 3 is 2.33 bits per heavy atom. The van der Waals surface area contributed by atoms with E-state index in [9.17, 15) is 16.8 Å². The number of primary sulfonamides is 1. The quantitative estimate of drug-likeness (QED) is 0.827. The highest BCUT2D eigenvalue weighted by molar-refractivity contribution is 7.92. The van der Waals surface area contributed by atoms with E-state index in [0.717, 1.165) is 0 Å². The Hall–Kier alpha value is -1.91. The van der Waals surface area contributed by atoms with Crippen LogP contribution in [0.25, 0.3) is 0 Å². The van der Waals surface area contributed by atoms with E-state index in [2.05, 4.69) is 9.82 Å². The molecule has 0 aliphatic carbocycles. The standard InChI is InChI=1S/C11H14N4O4S2/c1-8-7-9(20(12,16)17)3-4-10(8)14-21(18,19)11-5-6-13-15(11)2/h3-7,14H,1-2H3,(H2,12,16,17). The van der Waals surface area contributed by atoms with E-state index in [0.29, 0.717) is 5.56 Å². The summed E-state index contributed by atoms with van der Waals surface area (Å²) >= 11 is 0. The third kappa shape index (κ3) is 3.23. The second kappa shape index (κ2) is 5.13. The van der Waals surface area contributed by atoms with Gasteiger partial charge in [0, 0.05) is 7.05 Å². The second-order valence-electron chi connectivity index (χ2n) is 4.42. The van der Waals surface area contributed by atoms with E-state index in [1.165, 1.54) is 42.2 Å². The first-order valence-corrected chi connectivity index (χ1v) is 8.78. The Morgan fingerprint density at radius 2 is 1.86 bits per heavy atom. The third-order valence-electron chi connectivity index (χ3n) is 2.82. The second-order valence-corrected chi connectivity index (χ2v) is 7.61. The van der Waals surface area contributed by atoms with Crippen LogP contribution in [0.2, 0.25) is 0 Å². The normalized spacial score (nSPS) is 12.3. The van der Waals surface area contributed by atoms with Crippen molar-refractivity contribution < 1.29 is 16.8 Å². The number of aromatic nitrogens is 2. The predicted octanol–water partition coefficient (Wildman–Crippen LogP) is 0.177. The number of nitrogens with one attached hydrogen (secondary N) is 1. The minimum Gasteiger partial charge on any atom is -0.278 e. The van der Waals surface area contributed by atoms with Crippen LogP contribution in [0, 0.1) is 6.92 Å². The molecule has 0 unspecified atom stereocenters. The summed E-state index contributed by atoms with van der Waals surface area (Å²) in [5, 5.41) is 8.81. The molecule has 2 rings (SSSR count). The summed E-state index contributed by atoms with van der Waals surface area (Å²) in [6, 6.07) is 5.25.